The lowest BCUT2D eigenvalue weighted by Crippen LogP contribution is -2.30. The number of primary amides is 1. The molecule has 0 aliphatic carbocycles. The van der Waals surface area contributed by atoms with Crippen LogP contribution in [0.15, 0.2) is 54.6 Å². The third kappa shape index (κ3) is 5.57. The van der Waals surface area contributed by atoms with E-state index < -0.39 is 5.91 Å². The Balaban J connectivity index is 1.39. The quantitative estimate of drug-likeness (QED) is 0.738. The number of nitrogens with zero attached hydrogens (tertiary/aromatic N) is 2. The van der Waals surface area contributed by atoms with Gasteiger partial charge in [0.25, 0.3) is 0 Å². The molecule has 0 spiro atoms. The molecule has 2 amide bonds. The first-order valence-electron chi connectivity index (χ1n) is 9.69. The van der Waals surface area contributed by atoms with Crippen molar-refractivity contribution in [3.63, 3.8) is 0 Å². The molecule has 1 atom stereocenters. The van der Waals surface area contributed by atoms with Crippen LogP contribution < -0.4 is 16.0 Å². The van der Waals surface area contributed by atoms with Crippen LogP contribution in [0.5, 0.6) is 0 Å². The van der Waals surface area contributed by atoms with Gasteiger partial charge in [0, 0.05) is 49.5 Å². The number of benzene rings is 2. The van der Waals surface area contributed by atoms with E-state index in [-0.39, 0.29) is 5.91 Å². The fraction of sp³-hybridized carbons (Fsp3) is 0.364. The topological polar surface area (TPSA) is 78.7 Å². The van der Waals surface area contributed by atoms with E-state index in [1.54, 1.807) is 24.3 Å². The number of amides is 2. The van der Waals surface area contributed by atoms with E-state index in [9.17, 15) is 9.59 Å². The van der Waals surface area contributed by atoms with Crippen molar-refractivity contribution in [2.24, 2.45) is 11.7 Å². The SMILES string of the molecule is CN(CCC(=O)Nc1ccc(C(N)=O)cc1)CC1CCN(c2ccccc2)C1. The van der Waals surface area contributed by atoms with Crippen molar-refractivity contribution in [2.45, 2.75) is 12.8 Å². The molecule has 0 bridgehead atoms. The molecule has 1 heterocycles. The number of nitrogens with two attached hydrogens (primary N) is 1. The zero-order valence-electron chi connectivity index (χ0n) is 16.3. The van der Waals surface area contributed by atoms with Crippen molar-refractivity contribution in [1.29, 1.82) is 0 Å². The van der Waals surface area contributed by atoms with Crippen molar-refractivity contribution >= 4 is 23.2 Å². The first-order chi connectivity index (χ1) is 13.5. The normalized spacial score (nSPS) is 16.4. The molecule has 1 fully saturated rings. The molecule has 0 saturated carbocycles. The van der Waals surface area contributed by atoms with Gasteiger partial charge in [-0.15, -0.1) is 0 Å². The van der Waals surface area contributed by atoms with Gasteiger partial charge in [-0.2, -0.15) is 0 Å². The second kappa shape index (κ2) is 9.37. The molecule has 1 unspecified atom stereocenters. The molecule has 0 aromatic heterocycles. The Morgan fingerprint density at radius 2 is 1.86 bits per heavy atom. The fourth-order valence-corrected chi connectivity index (χ4v) is 3.62. The number of anilines is 2. The lowest BCUT2D eigenvalue weighted by atomic mass is 10.1. The van der Waals surface area contributed by atoms with E-state index in [0.717, 1.165) is 19.6 Å². The van der Waals surface area contributed by atoms with E-state index in [0.29, 0.717) is 30.1 Å². The maximum Gasteiger partial charge on any atom is 0.248 e. The van der Waals surface area contributed by atoms with Gasteiger partial charge < -0.3 is 20.9 Å². The summed E-state index contributed by atoms with van der Waals surface area (Å²) < 4.78 is 0. The van der Waals surface area contributed by atoms with E-state index >= 15 is 0 Å². The second-order valence-corrected chi connectivity index (χ2v) is 7.44. The highest BCUT2D eigenvalue weighted by molar-refractivity contribution is 5.94. The molecular formula is C22H28N4O2. The fourth-order valence-electron chi connectivity index (χ4n) is 3.62. The minimum atomic E-state index is -0.475. The molecule has 1 aliphatic heterocycles. The highest BCUT2D eigenvalue weighted by Crippen LogP contribution is 2.23. The molecule has 1 saturated heterocycles. The van der Waals surface area contributed by atoms with Crippen LogP contribution in [0.3, 0.4) is 0 Å². The second-order valence-electron chi connectivity index (χ2n) is 7.44. The first-order valence-corrected chi connectivity index (χ1v) is 9.69. The number of nitrogens with one attached hydrogen (secondary N) is 1. The number of hydrogen-bond acceptors (Lipinski definition) is 4. The average molecular weight is 380 g/mol. The summed E-state index contributed by atoms with van der Waals surface area (Å²) in [6, 6.07) is 17.1. The molecule has 148 valence electrons. The Hall–Kier alpha value is -2.86. The largest absolute Gasteiger partial charge is 0.371 e. The van der Waals surface area contributed by atoms with E-state index in [4.69, 9.17) is 5.73 Å². The molecule has 2 aromatic carbocycles. The lowest BCUT2D eigenvalue weighted by molar-refractivity contribution is -0.116. The van der Waals surface area contributed by atoms with Gasteiger partial charge in [-0.25, -0.2) is 0 Å². The first kappa shape index (κ1) is 19.9. The highest BCUT2D eigenvalue weighted by atomic mass is 16.2. The summed E-state index contributed by atoms with van der Waals surface area (Å²) in [6.07, 6.45) is 1.61. The van der Waals surface area contributed by atoms with Crippen molar-refractivity contribution in [3.05, 3.63) is 60.2 Å². The zero-order chi connectivity index (χ0) is 19.9. The number of carbonyl (C=O) groups is 2. The highest BCUT2D eigenvalue weighted by Gasteiger charge is 2.23. The Morgan fingerprint density at radius 1 is 1.14 bits per heavy atom. The number of para-hydroxylation sites is 1. The third-order valence-electron chi connectivity index (χ3n) is 5.15. The van der Waals surface area contributed by atoms with Gasteiger partial charge in [0.2, 0.25) is 11.8 Å². The average Bonchev–Trinajstić information content (AvgIpc) is 3.16. The Labute approximate surface area is 166 Å². The zero-order valence-corrected chi connectivity index (χ0v) is 16.3. The van der Waals surface area contributed by atoms with Crippen molar-refractivity contribution in [3.8, 4) is 0 Å². The Bertz CT molecular complexity index is 792. The van der Waals surface area contributed by atoms with Gasteiger partial charge in [-0.3, -0.25) is 9.59 Å². The Morgan fingerprint density at radius 3 is 2.54 bits per heavy atom. The van der Waals surface area contributed by atoms with Crippen LogP contribution in [0.1, 0.15) is 23.2 Å². The van der Waals surface area contributed by atoms with Gasteiger partial charge >= 0.3 is 0 Å². The third-order valence-corrected chi connectivity index (χ3v) is 5.15. The van der Waals surface area contributed by atoms with Gasteiger partial charge in [-0.05, 0) is 55.8 Å². The monoisotopic (exact) mass is 380 g/mol. The van der Waals surface area contributed by atoms with Crippen LogP contribution in [0.25, 0.3) is 0 Å². The molecule has 0 radical (unpaired) electrons. The maximum atomic E-state index is 12.2. The van der Waals surface area contributed by atoms with Crippen LogP contribution in [0, 0.1) is 5.92 Å². The Kier molecular flexibility index (Phi) is 6.66. The maximum absolute atomic E-state index is 12.2. The van der Waals surface area contributed by atoms with Crippen LogP contribution in [-0.4, -0.2) is 49.9 Å². The molecule has 2 aromatic rings. The molecular weight excluding hydrogens is 352 g/mol. The van der Waals surface area contributed by atoms with E-state index in [1.807, 2.05) is 6.07 Å². The number of carbonyl (C=O) groups excluding carboxylic acids is 2. The predicted octanol–water partition coefficient (Wildman–Crippen LogP) is 2.57. The lowest BCUT2D eigenvalue weighted by Gasteiger charge is -2.22. The van der Waals surface area contributed by atoms with E-state index in [1.165, 1.54) is 12.1 Å². The van der Waals surface area contributed by atoms with Gasteiger partial charge in [0.1, 0.15) is 0 Å². The standard InChI is InChI=1S/C22H28N4O2/c1-25(15-17-11-14-26(16-17)20-5-3-2-4-6-20)13-12-21(27)24-19-9-7-18(8-10-19)22(23)28/h2-10,17H,11-16H2,1H3,(H2,23,28)(H,24,27). The molecule has 1 aliphatic rings. The predicted molar refractivity (Wildman–Crippen MR) is 112 cm³/mol. The van der Waals surface area contributed by atoms with Crippen molar-refractivity contribution in [1.82, 2.24) is 4.90 Å². The van der Waals surface area contributed by atoms with Crippen molar-refractivity contribution in [2.75, 3.05) is 43.4 Å². The van der Waals surface area contributed by atoms with Crippen LogP contribution in [0.4, 0.5) is 11.4 Å². The number of hydrogen-bond donors (Lipinski definition) is 2. The molecule has 28 heavy (non-hydrogen) atoms. The molecule has 3 rings (SSSR count). The molecule has 3 N–H and O–H groups in total. The number of rotatable bonds is 8. The summed E-state index contributed by atoms with van der Waals surface area (Å²) in [5.74, 6) is 0.114. The molecule has 6 heteroatoms. The summed E-state index contributed by atoms with van der Waals surface area (Å²) in [6.45, 7) is 3.86. The molecule has 6 nitrogen and oxygen atoms in total. The van der Waals surface area contributed by atoms with Crippen molar-refractivity contribution < 1.29 is 9.59 Å². The summed E-state index contributed by atoms with van der Waals surface area (Å²) in [7, 11) is 2.07. The van der Waals surface area contributed by atoms with Crippen LogP contribution in [-0.2, 0) is 4.79 Å². The summed E-state index contributed by atoms with van der Waals surface area (Å²) >= 11 is 0. The summed E-state index contributed by atoms with van der Waals surface area (Å²) in [4.78, 5) is 27.9. The smallest absolute Gasteiger partial charge is 0.248 e. The van der Waals surface area contributed by atoms with Crippen LogP contribution >= 0.6 is 0 Å². The minimum absolute atomic E-state index is 0.0315. The van der Waals surface area contributed by atoms with Gasteiger partial charge in [0.15, 0.2) is 0 Å². The summed E-state index contributed by atoms with van der Waals surface area (Å²) in [5.41, 5.74) is 7.61. The van der Waals surface area contributed by atoms with Gasteiger partial charge in [0.05, 0.1) is 0 Å². The van der Waals surface area contributed by atoms with E-state index in [2.05, 4.69) is 46.4 Å². The minimum Gasteiger partial charge on any atom is -0.371 e. The van der Waals surface area contributed by atoms with Crippen LogP contribution in [0.2, 0.25) is 0 Å². The van der Waals surface area contributed by atoms with Gasteiger partial charge in [-0.1, -0.05) is 18.2 Å². The summed E-state index contributed by atoms with van der Waals surface area (Å²) in [5, 5.41) is 2.86.